The van der Waals surface area contributed by atoms with E-state index in [9.17, 15) is 0 Å². The van der Waals surface area contributed by atoms with Crippen LogP contribution in [0.4, 0.5) is 0 Å². The lowest BCUT2D eigenvalue weighted by Gasteiger charge is -2.34. The molecular weight excluding hydrogens is 196 g/mol. The van der Waals surface area contributed by atoms with Crippen LogP contribution >= 0.6 is 0 Å². The number of nitrogens with zero attached hydrogens (tertiary/aromatic N) is 1. The first-order valence-corrected chi connectivity index (χ1v) is 7.31. The Labute approximate surface area is 99.8 Å². The molecule has 0 radical (unpaired) electrons. The van der Waals surface area contributed by atoms with Crippen molar-refractivity contribution in [3.8, 4) is 0 Å². The molecule has 1 heterocycles. The Kier molecular flexibility index (Phi) is 3.21. The fourth-order valence-electron chi connectivity index (χ4n) is 3.28. The van der Waals surface area contributed by atoms with Crippen molar-refractivity contribution in [1.82, 2.24) is 10.2 Å². The van der Waals surface area contributed by atoms with E-state index in [1.54, 1.807) is 0 Å². The number of hydrogen-bond donors (Lipinski definition) is 1. The van der Waals surface area contributed by atoms with E-state index in [0.29, 0.717) is 0 Å². The van der Waals surface area contributed by atoms with Gasteiger partial charge in [-0.2, -0.15) is 0 Å². The number of piperidine rings is 1. The summed E-state index contributed by atoms with van der Waals surface area (Å²) in [5.74, 6) is 1.97. The maximum absolute atomic E-state index is 3.56. The van der Waals surface area contributed by atoms with Crippen LogP contribution < -0.4 is 5.32 Å². The van der Waals surface area contributed by atoms with Crippen molar-refractivity contribution >= 4 is 0 Å². The van der Waals surface area contributed by atoms with Gasteiger partial charge >= 0.3 is 0 Å². The first-order valence-electron chi connectivity index (χ1n) is 7.31. The lowest BCUT2D eigenvalue weighted by atomic mass is 9.98. The maximum Gasteiger partial charge on any atom is 0.00994 e. The van der Waals surface area contributed by atoms with Crippen molar-refractivity contribution in [3.05, 3.63) is 0 Å². The zero-order valence-electron chi connectivity index (χ0n) is 10.6. The van der Waals surface area contributed by atoms with Gasteiger partial charge in [-0.1, -0.05) is 0 Å². The average Bonchev–Trinajstić information content (AvgIpc) is 3.19. The van der Waals surface area contributed by atoms with Crippen molar-refractivity contribution in [2.75, 3.05) is 19.6 Å². The van der Waals surface area contributed by atoms with E-state index in [0.717, 1.165) is 23.9 Å². The predicted molar refractivity (Wildman–Crippen MR) is 67.5 cm³/mol. The Bertz CT molecular complexity index is 227. The van der Waals surface area contributed by atoms with Crippen LogP contribution in [0.5, 0.6) is 0 Å². The summed E-state index contributed by atoms with van der Waals surface area (Å²) in [7, 11) is 0. The molecule has 3 aliphatic rings. The molecule has 2 nitrogen and oxygen atoms in total. The van der Waals surface area contributed by atoms with Gasteiger partial charge in [-0.15, -0.1) is 0 Å². The van der Waals surface area contributed by atoms with E-state index in [1.807, 2.05) is 0 Å². The molecule has 2 atom stereocenters. The molecule has 1 saturated heterocycles. The highest BCUT2D eigenvalue weighted by Crippen LogP contribution is 2.40. The predicted octanol–water partition coefficient (Wildman–Crippen LogP) is 2.25. The van der Waals surface area contributed by atoms with Gasteiger partial charge in [0, 0.05) is 18.6 Å². The summed E-state index contributed by atoms with van der Waals surface area (Å²) in [5.41, 5.74) is 0. The Morgan fingerprint density at radius 2 is 2.00 bits per heavy atom. The molecular formula is C14H26N2. The van der Waals surface area contributed by atoms with Crippen molar-refractivity contribution in [3.63, 3.8) is 0 Å². The minimum atomic E-state index is 0.870. The molecule has 3 rings (SSSR count). The van der Waals surface area contributed by atoms with Crippen LogP contribution in [0.2, 0.25) is 0 Å². The third-order valence-corrected chi connectivity index (χ3v) is 4.71. The lowest BCUT2D eigenvalue weighted by Crippen LogP contribution is -2.44. The summed E-state index contributed by atoms with van der Waals surface area (Å²) in [4.78, 5) is 2.86. The normalized spacial score (nSPS) is 33.0. The van der Waals surface area contributed by atoms with Gasteiger partial charge in [0.25, 0.3) is 0 Å². The van der Waals surface area contributed by atoms with E-state index < -0.39 is 0 Å². The molecule has 0 aromatic carbocycles. The Hall–Kier alpha value is -0.0800. The molecule has 2 saturated carbocycles. The quantitative estimate of drug-likeness (QED) is 0.767. The SMILES string of the molecule is CC(C1CC1)N(CC1CCCNC1)C1CC1. The van der Waals surface area contributed by atoms with Gasteiger partial charge in [-0.3, -0.25) is 4.90 Å². The summed E-state index contributed by atoms with van der Waals surface area (Å²) in [6, 6.07) is 1.83. The summed E-state index contributed by atoms with van der Waals surface area (Å²) in [6.07, 6.45) is 8.77. The largest absolute Gasteiger partial charge is 0.316 e. The molecule has 3 fully saturated rings. The van der Waals surface area contributed by atoms with Crippen molar-refractivity contribution in [1.29, 1.82) is 0 Å². The van der Waals surface area contributed by atoms with E-state index in [4.69, 9.17) is 0 Å². The Morgan fingerprint density at radius 1 is 1.19 bits per heavy atom. The lowest BCUT2D eigenvalue weighted by molar-refractivity contribution is 0.140. The second-order valence-corrected chi connectivity index (χ2v) is 6.22. The van der Waals surface area contributed by atoms with Gasteiger partial charge in [0.05, 0.1) is 0 Å². The van der Waals surface area contributed by atoms with Crippen molar-refractivity contribution < 1.29 is 0 Å². The first kappa shape index (κ1) is 11.0. The summed E-state index contributed by atoms with van der Waals surface area (Å²) in [6.45, 7) is 6.36. The van der Waals surface area contributed by atoms with Gasteiger partial charge in [0.2, 0.25) is 0 Å². The third kappa shape index (κ3) is 2.60. The highest BCUT2D eigenvalue weighted by Gasteiger charge is 2.39. The molecule has 1 aliphatic heterocycles. The van der Waals surface area contributed by atoms with Crippen LogP contribution in [0.1, 0.15) is 45.4 Å². The zero-order valence-corrected chi connectivity index (χ0v) is 10.6. The van der Waals surface area contributed by atoms with Crippen LogP contribution in [0, 0.1) is 11.8 Å². The van der Waals surface area contributed by atoms with Gasteiger partial charge in [0.15, 0.2) is 0 Å². The molecule has 2 unspecified atom stereocenters. The molecule has 0 aromatic heterocycles. The summed E-state index contributed by atoms with van der Waals surface area (Å²) >= 11 is 0. The van der Waals surface area contributed by atoms with Crippen LogP contribution in [0.15, 0.2) is 0 Å². The van der Waals surface area contributed by atoms with Gasteiger partial charge in [-0.05, 0) is 70.4 Å². The highest BCUT2D eigenvalue weighted by molar-refractivity contribution is 4.94. The minimum Gasteiger partial charge on any atom is -0.316 e. The standard InChI is InChI=1S/C14H26N2/c1-11(13-4-5-13)16(14-6-7-14)10-12-3-2-8-15-9-12/h11-15H,2-10H2,1H3. The second kappa shape index (κ2) is 4.66. The molecule has 2 heteroatoms. The second-order valence-electron chi connectivity index (χ2n) is 6.22. The molecule has 0 aromatic rings. The number of nitrogens with one attached hydrogen (secondary N) is 1. The van der Waals surface area contributed by atoms with Gasteiger partial charge in [0.1, 0.15) is 0 Å². The molecule has 0 amide bonds. The van der Waals surface area contributed by atoms with E-state index >= 15 is 0 Å². The molecule has 1 N–H and O–H groups in total. The fourth-order valence-corrected chi connectivity index (χ4v) is 3.28. The van der Waals surface area contributed by atoms with Crippen molar-refractivity contribution in [2.45, 2.75) is 57.5 Å². The smallest absolute Gasteiger partial charge is 0.00994 e. The maximum atomic E-state index is 3.56. The summed E-state index contributed by atoms with van der Waals surface area (Å²) in [5, 5.41) is 3.56. The average molecular weight is 222 g/mol. The minimum absolute atomic E-state index is 0.870. The Morgan fingerprint density at radius 3 is 2.56 bits per heavy atom. The van der Waals surface area contributed by atoms with Gasteiger partial charge < -0.3 is 5.32 Å². The molecule has 0 bridgehead atoms. The van der Waals surface area contributed by atoms with Crippen LogP contribution in [-0.2, 0) is 0 Å². The molecule has 0 spiro atoms. The van der Waals surface area contributed by atoms with Crippen molar-refractivity contribution in [2.24, 2.45) is 11.8 Å². The summed E-state index contributed by atoms with van der Waals surface area (Å²) < 4.78 is 0. The monoisotopic (exact) mass is 222 g/mol. The fraction of sp³-hybridized carbons (Fsp3) is 1.00. The van der Waals surface area contributed by atoms with Crippen LogP contribution in [0.3, 0.4) is 0 Å². The zero-order chi connectivity index (χ0) is 11.0. The highest BCUT2D eigenvalue weighted by atomic mass is 15.2. The molecule has 92 valence electrons. The number of rotatable bonds is 5. The van der Waals surface area contributed by atoms with E-state index in [-0.39, 0.29) is 0 Å². The molecule has 16 heavy (non-hydrogen) atoms. The topological polar surface area (TPSA) is 15.3 Å². The first-order chi connectivity index (χ1) is 7.84. The Balaban J connectivity index is 1.54. The number of hydrogen-bond acceptors (Lipinski definition) is 2. The van der Waals surface area contributed by atoms with E-state index in [2.05, 4.69) is 17.1 Å². The van der Waals surface area contributed by atoms with E-state index in [1.165, 1.54) is 58.2 Å². The van der Waals surface area contributed by atoms with Crippen LogP contribution in [0.25, 0.3) is 0 Å². The van der Waals surface area contributed by atoms with Crippen LogP contribution in [-0.4, -0.2) is 36.6 Å². The van der Waals surface area contributed by atoms with Gasteiger partial charge in [-0.25, -0.2) is 0 Å². The third-order valence-electron chi connectivity index (χ3n) is 4.71. The molecule has 2 aliphatic carbocycles.